The first-order valence-corrected chi connectivity index (χ1v) is 5.10. The Morgan fingerprint density at radius 3 is 2.29 bits per heavy atom. The van der Waals surface area contributed by atoms with Crippen LogP contribution in [-0.4, -0.2) is 30.8 Å². The second kappa shape index (κ2) is 6.58. The van der Waals surface area contributed by atoms with E-state index in [1.807, 2.05) is 0 Å². The molecular formula is C7H11NaO5S. The zero-order valence-corrected chi connectivity index (χ0v) is 11.3. The zero-order chi connectivity index (χ0) is 10.6. The Morgan fingerprint density at radius 2 is 2.00 bits per heavy atom. The van der Waals surface area contributed by atoms with Gasteiger partial charge in [-0.05, 0) is 13.8 Å². The van der Waals surface area contributed by atoms with Crippen molar-refractivity contribution in [2.24, 2.45) is 0 Å². The van der Waals surface area contributed by atoms with Gasteiger partial charge in [-0.3, -0.25) is 0 Å². The van der Waals surface area contributed by atoms with Gasteiger partial charge in [0.1, 0.15) is 6.10 Å². The summed E-state index contributed by atoms with van der Waals surface area (Å²) in [5.41, 5.74) is 0.162. The molecule has 14 heavy (non-hydrogen) atoms. The Kier molecular flexibility index (Phi) is 7.77. The van der Waals surface area contributed by atoms with E-state index in [1.165, 1.54) is 13.8 Å². The van der Waals surface area contributed by atoms with E-state index in [-0.39, 0.29) is 35.1 Å². The van der Waals surface area contributed by atoms with Crippen LogP contribution >= 0.6 is 0 Å². The molecule has 0 aromatic rings. The maximum Gasteiger partial charge on any atom is 1.00 e. The summed E-state index contributed by atoms with van der Waals surface area (Å²) in [6.07, 6.45) is -0.938. The van der Waals surface area contributed by atoms with Crippen LogP contribution < -0.4 is 29.6 Å². The van der Waals surface area contributed by atoms with E-state index in [9.17, 15) is 17.8 Å². The van der Waals surface area contributed by atoms with Crippen molar-refractivity contribution in [3.8, 4) is 0 Å². The number of hydrogen-bond acceptors (Lipinski definition) is 5. The van der Waals surface area contributed by atoms with E-state index in [0.717, 1.165) is 0 Å². The fraction of sp³-hybridized carbons (Fsp3) is 0.571. The Morgan fingerprint density at radius 1 is 1.57 bits per heavy atom. The van der Waals surface area contributed by atoms with Crippen molar-refractivity contribution in [2.45, 2.75) is 20.0 Å². The Balaban J connectivity index is 0. The Labute approximate surface area is 106 Å². The average molecular weight is 230 g/mol. The third kappa shape index (κ3) is 8.71. The fourth-order valence-corrected chi connectivity index (χ4v) is 1.25. The van der Waals surface area contributed by atoms with Gasteiger partial charge < -0.3 is 9.29 Å². The number of carbonyl (C=O) groups excluding carboxylic acids is 1. The van der Waals surface area contributed by atoms with Crippen molar-refractivity contribution >= 4 is 16.1 Å². The minimum Gasteiger partial charge on any atom is -0.748 e. The molecule has 0 aliphatic rings. The molecule has 76 valence electrons. The van der Waals surface area contributed by atoms with Crippen LogP contribution in [0.25, 0.3) is 0 Å². The Hall–Kier alpha value is 0.120. The van der Waals surface area contributed by atoms with Gasteiger partial charge in [0.25, 0.3) is 0 Å². The number of esters is 1. The van der Waals surface area contributed by atoms with Gasteiger partial charge in [-0.2, -0.15) is 0 Å². The predicted molar refractivity (Wildman–Crippen MR) is 44.9 cm³/mol. The zero-order valence-electron chi connectivity index (χ0n) is 8.44. The van der Waals surface area contributed by atoms with Gasteiger partial charge >= 0.3 is 35.5 Å². The molecule has 5 nitrogen and oxygen atoms in total. The predicted octanol–water partition coefficient (Wildman–Crippen LogP) is -2.96. The molecule has 0 bridgehead atoms. The van der Waals surface area contributed by atoms with Gasteiger partial charge in [0, 0.05) is 5.57 Å². The normalized spacial score (nSPS) is 12.5. The van der Waals surface area contributed by atoms with Gasteiger partial charge in [-0.1, -0.05) is 6.58 Å². The monoisotopic (exact) mass is 230 g/mol. The summed E-state index contributed by atoms with van der Waals surface area (Å²) in [4.78, 5) is 10.8. The van der Waals surface area contributed by atoms with Gasteiger partial charge in [0.2, 0.25) is 0 Å². The van der Waals surface area contributed by atoms with Crippen LogP contribution in [0, 0.1) is 0 Å². The van der Waals surface area contributed by atoms with Crippen LogP contribution in [0.4, 0.5) is 0 Å². The summed E-state index contributed by atoms with van der Waals surface area (Å²) in [6.45, 7) is 6.06. The standard InChI is InChI=1S/C7H12O5S.Na/c1-5(2)7(8)12-6(3)4-13(9,10)11;/h6H,1,4H2,2-3H3,(H,9,10,11);/q;+1/p-1. The second-order valence-corrected chi connectivity index (χ2v) is 4.17. The molecule has 0 spiro atoms. The topological polar surface area (TPSA) is 83.5 Å². The maximum atomic E-state index is 10.8. The van der Waals surface area contributed by atoms with Crippen LogP contribution in [0.1, 0.15) is 13.8 Å². The number of carbonyl (C=O) groups is 1. The molecule has 0 saturated carbocycles. The molecule has 0 fully saturated rings. The SMILES string of the molecule is C=C(C)C(=O)OC(C)CS(=O)(=O)[O-].[Na+]. The molecule has 1 atom stereocenters. The van der Waals surface area contributed by atoms with Crippen LogP contribution in [-0.2, 0) is 19.6 Å². The summed E-state index contributed by atoms with van der Waals surface area (Å²) >= 11 is 0. The molecule has 0 rings (SSSR count). The third-order valence-electron chi connectivity index (χ3n) is 1.10. The van der Waals surface area contributed by atoms with Crippen LogP contribution in [0.2, 0.25) is 0 Å². The molecule has 0 aromatic carbocycles. The van der Waals surface area contributed by atoms with Gasteiger partial charge in [-0.15, -0.1) is 0 Å². The van der Waals surface area contributed by atoms with E-state index in [1.54, 1.807) is 0 Å². The smallest absolute Gasteiger partial charge is 0.748 e. The van der Waals surface area contributed by atoms with Gasteiger partial charge in [-0.25, -0.2) is 13.2 Å². The quantitative estimate of drug-likeness (QED) is 0.223. The van der Waals surface area contributed by atoms with Crippen molar-refractivity contribution in [2.75, 3.05) is 5.75 Å². The second-order valence-electron chi connectivity index (χ2n) is 2.72. The molecule has 0 aliphatic carbocycles. The van der Waals surface area contributed by atoms with E-state index in [0.29, 0.717) is 0 Å². The molecule has 0 radical (unpaired) electrons. The summed E-state index contributed by atoms with van der Waals surface area (Å²) in [5, 5.41) is 0. The molecule has 0 aliphatic heterocycles. The van der Waals surface area contributed by atoms with Crippen molar-refractivity contribution < 1.29 is 52.1 Å². The van der Waals surface area contributed by atoms with Crippen LogP contribution in [0.3, 0.4) is 0 Å². The van der Waals surface area contributed by atoms with Crippen LogP contribution in [0.15, 0.2) is 12.2 Å². The first-order valence-electron chi connectivity index (χ1n) is 3.52. The summed E-state index contributed by atoms with van der Waals surface area (Å²) in [7, 11) is -4.35. The number of hydrogen-bond donors (Lipinski definition) is 0. The minimum absolute atomic E-state index is 0. The first-order chi connectivity index (χ1) is 5.72. The van der Waals surface area contributed by atoms with Crippen LogP contribution in [0.5, 0.6) is 0 Å². The van der Waals surface area contributed by atoms with Crippen molar-refractivity contribution in [1.82, 2.24) is 0 Å². The first kappa shape index (κ1) is 16.5. The third-order valence-corrected chi connectivity index (χ3v) is 1.97. The van der Waals surface area contributed by atoms with E-state index >= 15 is 0 Å². The van der Waals surface area contributed by atoms with Crippen molar-refractivity contribution in [1.29, 1.82) is 0 Å². The average Bonchev–Trinajstić information content (AvgIpc) is 1.81. The molecule has 7 heteroatoms. The summed E-state index contributed by atoms with van der Waals surface area (Å²) in [5.74, 6) is -1.41. The summed E-state index contributed by atoms with van der Waals surface area (Å²) < 4.78 is 35.2. The van der Waals surface area contributed by atoms with E-state index in [2.05, 4.69) is 11.3 Å². The van der Waals surface area contributed by atoms with E-state index < -0.39 is 27.9 Å². The van der Waals surface area contributed by atoms with Gasteiger partial charge in [0.05, 0.1) is 15.9 Å². The molecule has 0 N–H and O–H groups in total. The molecule has 0 amide bonds. The molecule has 0 aromatic heterocycles. The molecule has 0 saturated heterocycles. The summed E-state index contributed by atoms with van der Waals surface area (Å²) in [6, 6.07) is 0. The molecular weight excluding hydrogens is 219 g/mol. The maximum absolute atomic E-state index is 10.8. The minimum atomic E-state index is -4.35. The Bertz CT molecular complexity index is 308. The number of ether oxygens (including phenoxy) is 1. The van der Waals surface area contributed by atoms with Crippen molar-refractivity contribution in [3.63, 3.8) is 0 Å². The number of rotatable bonds is 4. The van der Waals surface area contributed by atoms with Gasteiger partial charge in [0.15, 0.2) is 0 Å². The largest absolute Gasteiger partial charge is 1.00 e. The molecule has 1 unspecified atom stereocenters. The van der Waals surface area contributed by atoms with E-state index in [4.69, 9.17) is 0 Å². The molecule has 0 heterocycles. The fourth-order valence-electron chi connectivity index (χ4n) is 0.605. The van der Waals surface area contributed by atoms with Crippen molar-refractivity contribution in [3.05, 3.63) is 12.2 Å².